The summed E-state index contributed by atoms with van der Waals surface area (Å²) in [5, 5.41) is 3.03. The molecule has 1 N–H and O–H groups in total. The second-order valence-electron chi connectivity index (χ2n) is 4.05. The highest BCUT2D eigenvalue weighted by Gasteiger charge is 2.37. The first-order chi connectivity index (χ1) is 8.13. The molecule has 5 heteroatoms. The number of likely N-dealkylation sites (N-methyl/N-ethyl adjacent to an activating group) is 1. The predicted molar refractivity (Wildman–Crippen MR) is 63.4 cm³/mol. The van der Waals surface area contributed by atoms with E-state index in [2.05, 4.69) is 10.3 Å². The molecule has 0 aromatic carbocycles. The van der Waals surface area contributed by atoms with E-state index in [0.717, 1.165) is 5.56 Å². The lowest BCUT2D eigenvalue weighted by molar-refractivity contribution is -0.138. The van der Waals surface area contributed by atoms with Gasteiger partial charge < -0.3 is 5.32 Å². The summed E-state index contributed by atoms with van der Waals surface area (Å²) in [6, 6.07) is 3.27. The minimum atomic E-state index is -0.476. The molecule has 1 aliphatic heterocycles. The summed E-state index contributed by atoms with van der Waals surface area (Å²) in [6.45, 7) is 4.13. The van der Waals surface area contributed by atoms with Crippen LogP contribution in [0, 0.1) is 6.92 Å². The number of hydrogen-bond donors (Lipinski definition) is 1. The highest BCUT2D eigenvalue weighted by atomic mass is 16.2. The van der Waals surface area contributed by atoms with Crippen LogP contribution in [0.15, 0.2) is 18.3 Å². The van der Waals surface area contributed by atoms with Crippen molar-refractivity contribution in [2.24, 2.45) is 0 Å². The van der Waals surface area contributed by atoms with Crippen LogP contribution in [0.3, 0.4) is 0 Å². The summed E-state index contributed by atoms with van der Waals surface area (Å²) in [6.07, 6.45) is 1.87. The van der Waals surface area contributed by atoms with Gasteiger partial charge in [-0.1, -0.05) is 6.07 Å². The molecular formula is C12H15N3O2. The van der Waals surface area contributed by atoms with Crippen LogP contribution < -0.4 is 5.32 Å². The third-order valence-corrected chi connectivity index (χ3v) is 2.88. The highest BCUT2D eigenvalue weighted by Crippen LogP contribution is 2.18. The van der Waals surface area contributed by atoms with Gasteiger partial charge in [0, 0.05) is 12.7 Å². The Morgan fingerprint density at radius 1 is 1.53 bits per heavy atom. The number of likely N-dealkylation sites (tertiary alicyclic amines) is 1. The largest absolute Gasteiger partial charge is 0.358 e. The van der Waals surface area contributed by atoms with Gasteiger partial charge >= 0.3 is 0 Å². The molecule has 0 bridgehead atoms. The van der Waals surface area contributed by atoms with E-state index in [1.54, 1.807) is 13.1 Å². The molecule has 0 saturated carbocycles. The number of hydrogen-bond acceptors (Lipinski definition) is 4. The molecule has 2 amide bonds. The molecular weight excluding hydrogens is 218 g/mol. The molecule has 2 heterocycles. The zero-order valence-electron chi connectivity index (χ0n) is 9.93. The van der Waals surface area contributed by atoms with Gasteiger partial charge in [-0.2, -0.15) is 0 Å². The molecule has 0 radical (unpaired) electrons. The lowest BCUT2D eigenvalue weighted by Crippen LogP contribution is -2.34. The maximum absolute atomic E-state index is 11.9. The first kappa shape index (κ1) is 11.6. The van der Waals surface area contributed by atoms with Crippen molar-refractivity contribution in [2.75, 3.05) is 11.9 Å². The number of aromatic nitrogens is 1. The van der Waals surface area contributed by atoms with E-state index < -0.39 is 6.04 Å². The van der Waals surface area contributed by atoms with Crippen molar-refractivity contribution in [3.8, 4) is 0 Å². The van der Waals surface area contributed by atoms with Crippen LogP contribution in [0.2, 0.25) is 0 Å². The number of rotatable bonds is 3. The van der Waals surface area contributed by atoms with Crippen LogP contribution in [-0.4, -0.2) is 34.3 Å². The fourth-order valence-corrected chi connectivity index (χ4v) is 1.93. The molecule has 1 fully saturated rings. The number of aryl methyl sites for hydroxylation is 1. The lowest BCUT2D eigenvalue weighted by atomic mass is 10.2. The second-order valence-corrected chi connectivity index (χ2v) is 4.05. The van der Waals surface area contributed by atoms with Crippen LogP contribution in [0.1, 0.15) is 18.9 Å². The van der Waals surface area contributed by atoms with E-state index >= 15 is 0 Å². The number of carbonyl (C=O) groups excluding carboxylic acids is 2. The Hall–Kier alpha value is -1.91. The Morgan fingerprint density at radius 2 is 2.29 bits per heavy atom. The van der Waals surface area contributed by atoms with Crippen molar-refractivity contribution in [1.82, 2.24) is 9.88 Å². The van der Waals surface area contributed by atoms with Gasteiger partial charge in [0.15, 0.2) is 0 Å². The van der Waals surface area contributed by atoms with Gasteiger partial charge in [-0.15, -0.1) is 0 Å². The summed E-state index contributed by atoms with van der Waals surface area (Å²) in [5.41, 5.74) is 0.961. The van der Waals surface area contributed by atoms with Crippen molar-refractivity contribution in [2.45, 2.75) is 26.3 Å². The van der Waals surface area contributed by atoms with Gasteiger partial charge in [-0.3, -0.25) is 14.5 Å². The average Bonchev–Trinajstić information content (AvgIpc) is 2.57. The van der Waals surface area contributed by atoms with Crippen molar-refractivity contribution in [3.05, 3.63) is 23.9 Å². The molecule has 1 unspecified atom stereocenters. The van der Waals surface area contributed by atoms with Gasteiger partial charge in [-0.05, 0) is 25.5 Å². The first-order valence-corrected chi connectivity index (χ1v) is 5.66. The van der Waals surface area contributed by atoms with Gasteiger partial charge in [0.05, 0.1) is 6.42 Å². The van der Waals surface area contributed by atoms with Gasteiger partial charge in [0.1, 0.15) is 11.9 Å². The Labute approximate surface area is 99.8 Å². The van der Waals surface area contributed by atoms with Crippen molar-refractivity contribution >= 4 is 17.6 Å². The summed E-state index contributed by atoms with van der Waals surface area (Å²) in [4.78, 5) is 28.9. The highest BCUT2D eigenvalue weighted by molar-refractivity contribution is 6.06. The van der Waals surface area contributed by atoms with Crippen molar-refractivity contribution < 1.29 is 9.59 Å². The first-order valence-electron chi connectivity index (χ1n) is 5.66. The molecule has 1 aromatic heterocycles. The zero-order chi connectivity index (χ0) is 12.4. The van der Waals surface area contributed by atoms with Gasteiger partial charge in [0.2, 0.25) is 5.91 Å². The maximum atomic E-state index is 11.9. The van der Waals surface area contributed by atoms with Crippen LogP contribution >= 0.6 is 0 Å². The zero-order valence-corrected chi connectivity index (χ0v) is 9.93. The molecule has 1 saturated heterocycles. The second kappa shape index (κ2) is 4.53. The molecule has 1 aromatic rings. The molecule has 90 valence electrons. The van der Waals surface area contributed by atoms with E-state index in [-0.39, 0.29) is 18.2 Å². The summed E-state index contributed by atoms with van der Waals surface area (Å²) < 4.78 is 0. The fraction of sp³-hybridized carbons (Fsp3) is 0.417. The predicted octanol–water partition coefficient (Wildman–Crippen LogP) is 0.949. The minimum Gasteiger partial charge on any atom is -0.358 e. The van der Waals surface area contributed by atoms with Gasteiger partial charge in [0.25, 0.3) is 5.91 Å². The molecule has 0 spiro atoms. The minimum absolute atomic E-state index is 0.122. The molecule has 1 aliphatic rings. The Balaban J connectivity index is 2.14. The molecule has 5 nitrogen and oxygen atoms in total. The van der Waals surface area contributed by atoms with Crippen LogP contribution in [-0.2, 0) is 9.59 Å². The van der Waals surface area contributed by atoms with E-state index in [4.69, 9.17) is 0 Å². The third kappa shape index (κ3) is 2.13. The number of carbonyl (C=O) groups is 2. The SMILES string of the molecule is CCN1C(=O)CC(Nc2ncccc2C)C1=O. The van der Waals surface area contributed by atoms with E-state index in [1.165, 1.54) is 4.90 Å². The van der Waals surface area contributed by atoms with Crippen LogP contribution in [0.25, 0.3) is 0 Å². The average molecular weight is 233 g/mol. The van der Waals surface area contributed by atoms with Crippen LogP contribution in [0.5, 0.6) is 0 Å². The van der Waals surface area contributed by atoms with E-state index in [1.807, 2.05) is 19.1 Å². The van der Waals surface area contributed by atoms with E-state index in [0.29, 0.717) is 12.4 Å². The fourth-order valence-electron chi connectivity index (χ4n) is 1.93. The number of nitrogens with zero attached hydrogens (tertiary/aromatic N) is 2. The normalized spacial score (nSPS) is 19.9. The van der Waals surface area contributed by atoms with Gasteiger partial charge in [-0.25, -0.2) is 4.98 Å². The molecule has 1 atom stereocenters. The molecule has 2 rings (SSSR count). The standard InChI is InChI=1S/C12H15N3O2/c1-3-15-10(16)7-9(12(15)17)14-11-8(2)5-4-6-13-11/h4-6,9H,3,7H2,1-2H3,(H,13,14). The Kier molecular flexibility index (Phi) is 3.08. The van der Waals surface area contributed by atoms with E-state index in [9.17, 15) is 9.59 Å². The monoisotopic (exact) mass is 233 g/mol. The van der Waals surface area contributed by atoms with Crippen LogP contribution in [0.4, 0.5) is 5.82 Å². The van der Waals surface area contributed by atoms with Crippen molar-refractivity contribution in [1.29, 1.82) is 0 Å². The molecule has 0 aliphatic carbocycles. The summed E-state index contributed by atoms with van der Waals surface area (Å²) in [7, 11) is 0. The number of amides is 2. The molecule has 17 heavy (non-hydrogen) atoms. The topological polar surface area (TPSA) is 62.3 Å². The smallest absolute Gasteiger partial charge is 0.252 e. The van der Waals surface area contributed by atoms with Crippen molar-refractivity contribution in [3.63, 3.8) is 0 Å². The third-order valence-electron chi connectivity index (χ3n) is 2.88. The lowest BCUT2D eigenvalue weighted by Gasteiger charge is -2.14. The quantitative estimate of drug-likeness (QED) is 0.789. The number of nitrogens with one attached hydrogen (secondary N) is 1. The number of imide groups is 1. The maximum Gasteiger partial charge on any atom is 0.252 e. The Bertz CT molecular complexity index is 459. The summed E-state index contributed by atoms with van der Waals surface area (Å²) in [5.74, 6) is 0.378. The Morgan fingerprint density at radius 3 is 2.88 bits per heavy atom. The summed E-state index contributed by atoms with van der Waals surface area (Å²) >= 11 is 0. The number of anilines is 1. The number of pyridine rings is 1.